The van der Waals surface area contributed by atoms with Crippen LogP contribution in [-0.4, -0.2) is 16.6 Å². The summed E-state index contributed by atoms with van der Waals surface area (Å²) < 4.78 is 5.52. The molecule has 0 atom stereocenters. The predicted molar refractivity (Wildman–Crippen MR) is 76.5 cm³/mol. The van der Waals surface area contributed by atoms with Gasteiger partial charge in [0.25, 0.3) is 0 Å². The summed E-state index contributed by atoms with van der Waals surface area (Å²) in [7, 11) is 0. The van der Waals surface area contributed by atoms with Gasteiger partial charge in [-0.2, -0.15) is 0 Å². The standard InChI is InChI=1S/C13H17ClN2OS/c1-4-5-6-17-7-10-15-12(14)11-8(2)9(3)18-13(11)16-10/h4-7H2,1-3H3. The fourth-order valence-corrected chi connectivity index (χ4v) is 3.15. The molecule has 0 aliphatic heterocycles. The maximum absolute atomic E-state index is 6.22. The molecule has 0 radical (unpaired) electrons. The minimum Gasteiger partial charge on any atom is -0.373 e. The Bertz CT molecular complexity index is 553. The van der Waals surface area contributed by atoms with Crippen molar-refractivity contribution in [3.63, 3.8) is 0 Å². The van der Waals surface area contributed by atoms with E-state index in [1.165, 1.54) is 10.4 Å². The van der Waals surface area contributed by atoms with Crippen molar-refractivity contribution in [3.05, 3.63) is 21.4 Å². The lowest BCUT2D eigenvalue weighted by molar-refractivity contribution is 0.113. The van der Waals surface area contributed by atoms with Crippen molar-refractivity contribution in [1.29, 1.82) is 0 Å². The quantitative estimate of drug-likeness (QED) is 0.607. The highest BCUT2D eigenvalue weighted by molar-refractivity contribution is 7.18. The Morgan fingerprint density at radius 3 is 2.78 bits per heavy atom. The monoisotopic (exact) mass is 284 g/mol. The van der Waals surface area contributed by atoms with Gasteiger partial charge in [0.1, 0.15) is 16.6 Å². The molecule has 3 nitrogen and oxygen atoms in total. The van der Waals surface area contributed by atoms with Gasteiger partial charge in [-0.25, -0.2) is 9.97 Å². The van der Waals surface area contributed by atoms with Crippen molar-refractivity contribution in [2.24, 2.45) is 0 Å². The first kappa shape index (κ1) is 13.7. The van der Waals surface area contributed by atoms with Crippen LogP contribution in [0, 0.1) is 13.8 Å². The first-order valence-electron chi connectivity index (χ1n) is 6.13. The topological polar surface area (TPSA) is 35.0 Å². The van der Waals surface area contributed by atoms with Gasteiger partial charge in [-0.15, -0.1) is 11.3 Å². The van der Waals surface area contributed by atoms with E-state index in [-0.39, 0.29) is 0 Å². The highest BCUT2D eigenvalue weighted by Crippen LogP contribution is 2.32. The first-order chi connectivity index (χ1) is 8.63. The van der Waals surface area contributed by atoms with Gasteiger partial charge in [-0.1, -0.05) is 24.9 Å². The van der Waals surface area contributed by atoms with E-state index in [1.807, 2.05) is 0 Å². The van der Waals surface area contributed by atoms with E-state index in [9.17, 15) is 0 Å². The zero-order chi connectivity index (χ0) is 13.1. The first-order valence-corrected chi connectivity index (χ1v) is 7.32. The smallest absolute Gasteiger partial charge is 0.157 e. The number of halogens is 1. The molecule has 0 bridgehead atoms. The number of hydrogen-bond donors (Lipinski definition) is 0. The minimum absolute atomic E-state index is 0.436. The van der Waals surface area contributed by atoms with Gasteiger partial charge in [0.05, 0.1) is 5.39 Å². The molecule has 0 saturated carbocycles. The van der Waals surface area contributed by atoms with Crippen molar-refractivity contribution in [1.82, 2.24) is 9.97 Å². The van der Waals surface area contributed by atoms with Gasteiger partial charge in [0, 0.05) is 11.5 Å². The van der Waals surface area contributed by atoms with Crippen molar-refractivity contribution < 1.29 is 4.74 Å². The zero-order valence-corrected chi connectivity index (χ0v) is 12.5. The van der Waals surface area contributed by atoms with Crippen LogP contribution in [-0.2, 0) is 11.3 Å². The lowest BCUT2D eigenvalue weighted by atomic mass is 10.2. The van der Waals surface area contributed by atoms with Crippen LogP contribution >= 0.6 is 22.9 Å². The molecular formula is C13H17ClN2OS. The Morgan fingerprint density at radius 2 is 2.06 bits per heavy atom. The van der Waals surface area contributed by atoms with Crippen LogP contribution in [0.2, 0.25) is 5.15 Å². The highest BCUT2D eigenvalue weighted by atomic mass is 35.5. The number of fused-ring (bicyclic) bond motifs is 1. The van der Waals surface area contributed by atoms with E-state index in [0.717, 1.165) is 29.7 Å². The third-order valence-electron chi connectivity index (χ3n) is 2.90. The number of hydrogen-bond acceptors (Lipinski definition) is 4. The van der Waals surface area contributed by atoms with Gasteiger partial charge in [0.2, 0.25) is 0 Å². The predicted octanol–water partition coefficient (Wildman–Crippen LogP) is 4.28. The Labute approximate surface area is 116 Å². The Morgan fingerprint density at radius 1 is 1.28 bits per heavy atom. The highest BCUT2D eigenvalue weighted by Gasteiger charge is 2.12. The van der Waals surface area contributed by atoms with Crippen molar-refractivity contribution in [3.8, 4) is 0 Å². The molecule has 0 aliphatic carbocycles. The fourth-order valence-electron chi connectivity index (χ4n) is 1.72. The van der Waals surface area contributed by atoms with Crippen LogP contribution in [0.25, 0.3) is 10.2 Å². The molecule has 0 aliphatic rings. The summed E-state index contributed by atoms with van der Waals surface area (Å²) in [6.45, 7) is 7.46. The number of aromatic nitrogens is 2. The average molecular weight is 285 g/mol. The number of aryl methyl sites for hydroxylation is 2. The maximum atomic E-state index is 6.22. The number of nitrogens with zero attached hydrogens (tertiary/aromatic N) is 2. The van der Waals surface area contributed by atoms with Gasteiger partial charge in [-0.05, 0) is 25.8 Å². The summed E-state index contributed by atoms with van der Waals surface area (Å²) >= 11 is 7.88. The Kier molecular flexibility index (Phi) is 4.54. The second-order valence-electron chi connectivity index (χ2n) is 4.30. The van der Waals surface area contributed by atoms with Crippen LogP contribution < -0.4 is 0 Å². The van der Waals surface area contributed by atoms with E-state index >= 15 is 0 Å². The second kappa shape index (κ2) is 5.95. The minimum atomic E-state index is 0.436. The number of rotatable bonds is 5. The van der Waals surface area contributed by atoms with Crippen LogP contribution in [0.15, 0.2) is 0 Å². The van der Waals surface area contributed by atoms with Crippen LogP contribution in [0.4, 0.5) is 0 Å². The molecule has 2 aromatic heterocycles. The third-order valence-corrected chi connectivity index (χ3v) is 4.28. The molecule has 5 heteroatoms. The molecule has 2 heterocycles. The molecule has 0 unspecified atom stereocenters. The second-order valence-corrected chi connectivity index (χ2v) is 5.86. The summed E-state index contributed by atoms with van der Waals surface area (Å²) in [5.74, 6) is 0.671. The Hall–Kier alpha value is -0.710. The summed E-state index contributed by atoms with van der Waals surface area (Å²) in [5, 5.41) is 1.52. The van der Waals surface area contributed by atoms with E-state index in [0.29, 0.717) is 17.6 Å². The van der Waals surface area contributed by atoms with Crippen molar-refractivity contribution >= 4 is 33.2 Å². The molecule has 2 aromatic rings. The van der Waals surface area contributed by atoms with Crippen molar-refractivity contribution in [2.75, 3.05) is 6.61 Å². The number of thiophene rings is 1. The molecule has 0 aromatic carbocycles. The molecule has 0 amide bonds. The van der Waals surface area contributed by atoms with Crippen LogP contribution in [0.5, 0.6) is 0 Å². The largest absolute Gasteiger partial charge is 0.373 e. The lowest BCUT2D eigenvalue weighted by Crippen LogP contribution is -2.00. The fraction of sp³-hybridized carbons (Fsp3) is 0.538. The number of ether oxygens (including phenoxy) is 1. The SMILES string of the molecule is CCCCOCc1nc(Cl)c2c(C)c(C)sc2n1. The lowest BCUT2D eigenvalue weighted by Gasteiger charge is -2.03. The molecule has 98 valence electrons. The Balaban J connectivity index is 2.21. The molecule has 0 saturated heterocycles. The summed E-state index contributed by atoms with van der Waals surface area (Å²) in [6.07, 6.45) is 2.19. The van der Waals surface area contributed by atoms with Gasteiger partial charge < -0.3 is 4.74 Å². The van der Waals surface area contributed by atoms with Crippen LogP contribution in [0.1, 0.15) is 36.0 Å². The molecule has 0 N–H and O–H groups in total. The van der Waals surface area contributed by atoms with E-state index in [1.54, 1.807) is 11.3 Å². The average Bonchev–Trinajstić information content (AvgIpc) is 2.61. The molecular weight excluding hydrogens is 268 g/mol. The maximum Gasteiger partial charge on any atom is 0.157 e. The summed E-state index contributed by atoms with van der Waals surface area (Å²) in [5.41, 5.74) is 1.18. The van der Waals surface area contributed by atoms with E-state index < -0.39 is 0 Å². The zero-order valence-electron chi connectivity index (χ0n) is 10.9. The molecule has 2 rings (SSSR count). The number of unbranched alkanes of at least 4 members (excludes halogenated alkanes) is 1. The molecule has 0 spiro atoms. The molecule has 0 fully saturated rings. The van der Waals surface area contributed by atoms with E-state index in [2.05, 4.69) is 30.7 Å². The van der Waals surface area contributed by atoms with Gasteiger partial charge >= 0.3 is 0 Å². The van der Waals surface area contributed by atoms with Crippen molar-refractivity contribution in [2.45, 2.75) is 40.2 Å². The van der Waals surface area contributed by atoms with Gasteiger partial charge in [0.15, 0.2) is 5.82 Å². The van der Waals surface area contributed by atoms with Gasteiger partial charge in [-0.3, -0.25) is 0 Å². The summed E-state index contributed by atoms with van der Waals surface area (Å²) in [4.78, 5) is 11.0. The summed E-state index contributed by atoms with van der Waals surface area (Å²) in [6, 6.07) is 0. The molecule has 18 heavy (non-hydrogen) atoms. The van der Waals surface area contributed by atoms with Crippen LogP contribution in [0.3, 0.4) is 0 Å². The normalized spacial score (nSPS) is 11.3. The van der Waals surface area contributed by atoms with E-state index in [4.69, 9.17) is 16.3 Å². The third kappa shape index (κ3) is 2.82.